The van der Waals surface area contributed by atoms with E-state index >= 15 is 0 Å². The van der Waals surface area contributed by atoms with Crippen molar-refractivity contribution in [2.75, 3.05) is 11.4 Å². The standard InChI is InChI=1S/C13H17ClN2/c1-9-4-11(7-14)6-13(15-9)16-8-10-2-3-12(16)5-10/h4,6,10,12H,2-3,5,7-8H2,1H3. The lowest BCUT2D eigenvalue weighted by molar-refractivity contribution is 0.550. The lowest BCUT2D eigenvalue weighted by Gasteiger charge is -2.28. The minimum atomic E-state index is 0.582. The summed E-state index contributed by atoms with van der Waals surface area (Å²) in [5.41, 5.74) is 2.27. The summed E-state index contributed by atoms with van der Waals surface area (Å²) in [6.45, 7) is 3.25. The van der Waals surface area contributed by atoms with Crippen LogP contribution in [0.4, 0.5) is 5.82 Å². The molecular weight excluding hydrogens is 220 g/mol. The van der Waals surface area contributed by atoms with E-state index in [0.717, 1.165) is 23.5 Å². The number of hydrogen-bond donors (Lipinski definition) is 0. The van der Waals surface area contributed by atoms with E-state index in [-0.39, 0.29) is 0 Å². The second kappa shape index (κ2) is 3.92. The second-order valence-electron chi connectivity index (χ2n) is 5.09. The molecule has 3 rings (SSSR count). The van der Waals surface area contributed by atoms with Crippen molar-refractivity contribution in [1.29, 1.82) is 0 Å². The fourth-order valence-corrected chi connectivity index (χ4v) is 3.30. The van der Waals surface area contributed by atoms with Gasteiger partial charge in [-0.25, -0.2) is 4.98 Å². The normalized spacial score (nSPS) is 27.8. The number of aromatic nitrogens is 1. The van der Waals surface area contributed by atoms with Crippen molar-refractivity contribution < 1.29 is 0 Å². The Bertz CT molecular complexity index is 405. The fraction of sp³-hybridized carbons (Fsp3) is 0.615. The molecule has 2 bridgehead atoms. The first-order valence-electron chi connectivity index (χ1n) is 6.06. The zero-order valence-electron chi connectivity index (χ0n) is 9.62. The van der Waals surface area contributed by atoms with Crippen LogP contribution in [0.15, 0.2) is 12.1 Å². The Balaban J connectivity index is 1.91. The predicted octanol–water partition coefficient (Wildman–Crippen LogP) is 3.12. The Hall–Kier alpha value is -0.760. The van der Waals surface area contributed by atoms with Gasteiger partial charge in [-0.05, 0) is 49.8 Å². The summed E-state index contributed by atoms with van der Waals surface area (Å²) in [6, 6.07) is 4.97. The highest BCUT2D eigenvalue weighted by Crippen LogP contribution is 2.39. The van der Waals surface area contributed by atoms with Gasteiger partial charge in [-0.3, -0.25) is 0 Å². The molecule has 0 spiro atoms. The maximum absolute atomic E-state index is 5.91. The molecule has 86 valence electrons. The van der Waals surface area contributed by atoms with Crippen LogP contribution in [0.3, 0.4) is 0 Å². The third kappa shape index (κ3) is 1.69. The number of pyridine rings is 1. The molecule has 3 heteroatoms. The van der Waals surface area contributed by atoms with Crippen LogP contribution in [0.5, 0.6) is 0 Å². The number of fused-ring (bicyclic) bond motifs is 2. The lowest BCUT2D eigenvalue weighted by atomic mass is 10.1. The summed E-state index contributed by atoms with van der Waals surface area (Å²) in [6.07, 6.45) is 4.12. The third-order valence-electron chi connectivity index (χ3n) is 3.86. The molecule has 0 radical (unpaired) electrons. The summed E-state index contributed by atoms with van der Waals surface area (Å²) in [4.78, 5) is 7.13. The Morgan fingerprint density at radius 1 is 1.44 bits per heavy atom. The molecule has 2 fully saturated rings. The van der Waals surface area contributed by atoms with Gasteiger partial charge in [0.15, 0.2) is 0 Å². The van der Waals surface area contributed by atoms with Crippen molar-refractivity contribution >= 4 is 17.4 Å². The second-order valence-corrected chi connectivity index (χ2v) is 5.36. The highest BCUT2D eigenvalue weighted by molar-refractivity contribution is 6.17. The number of halogens is 1. The van der Waals surface area contributed by atoms with Crippen molar-refractivity contribution in [3.63, 3.8) is 0 Å². The molecule has 1 aliphatic heterocycles. The van der Waals surface area contributed by atoms with Gasteiger partial charge in [0.1, 0.15) is 5.82 Å². The topological polar surface area (TPSA) is 16.1 Å². The summed E-state index contributed by atoms with van der Waals surface area (Å²) in [5, 5.41) is 0. The molecule has 0 aromatic carbocycles. The van der Waals surface area contributed by atoms with Crippen molar-refractivity contribution in [3.8, 4) is 0 Å². The molecule has 2 unspecified atom stereocenters. The summed E-state index contributed by atoms with van der Waals surface area (Å²) < 4.78 is 0. The first kappa shape index (κ1) is 10.4. The van der Waals surface area contributed by atoms with Gasteiger partial charge >= 0.3 is 0 Å². The number of nitrogens with zero attached hydrogens (tertiary/aromatic N) is 2. The minimum absolute atomic E-state index is 0.582. The van der Waals surface area contributed by atoms with E-state index in [0.29, 0.717) is 5.88 Å². The zero-order valence-corrected chi connectivity index (χ0v) is 10.4. The Kier molecular flexibility index (Phi) is 2.55. The van der Waals surface area contributed by atoms with Crippen molar-refractivity contribution in [3.05, 3.63) is 23.4 Å². The van der Waals surface area contributed by atoms with Crippen LogP contribution in [-0.4, -0.2) is 17.6 Å². The molecule has 2 aliphatic rings. The van der Waals surface area contributed by atoms with Crippen molar-refractivity contribution in [1.82, 2.24) is 4.98 Å². The molecule has 1 aromatic heterocycles. The smallest absolute Gasteiger partial charge is 0.129 e. The van der Waals surface area contributed by atoms with E-state index < -0.39 is 0 Å². The van der Waals surface area contributed by atoms with E-state index in [9.17, 15) is 0 Å². The highest BCUT2D eigenvalue weighted by atomic mass is 35.5. The first-order valence-corrected chi connectivity index (χ1v) is 6.60. The van der Waals surface area contributed by atoms with Gasteiger partial charge in [-0.1, -0.05) is 0 Å². The molecule has 2 nitrogen and oxygen atoms in total. The molecule has 16 heavy (non-hydrogen) atoms. The van der Waals surface area contributed by atoms with Crippen LogP contribution in [0, 0.1) is 12.8 Å². The number of piperidine rings is 1. The van der Waals surface area contributed by atoms with E-state index in [4.69, 9.17) is 11.6 Å². The van der Waals surface area contributed by atoms with Gasteiger partial charge in [0.2, 0.25) is 0 Å². The summed E-state index contributed by atoms with van der Waals surface area (Å²) in [5.74, 6) is 2.63. The Morgan fingerprint density at radius 2 is 2.31 bits per heavy atom. The number of anilines is 1. The number of rotatable bonds is 2. The molecule has 0 N–H and O–H groups in total. The van der Waals surface area contributed by atoms with Crippen LogP contribution < -0.4 is 4.90 Å². The summed E-state index contributed by atoms with van der Waals surface area (Å²) >= 11 is 5.91. The molecule has 0 amide bonds. The maximum Gasteiger partial charge on any atom is 0.129 e. The molecule has 2 atom stereocenters. The highest BCUT2D eigenvalue weighted by Gasteiger charge is 2.38. The molecule has 1 aromatic rings. The maximum atomic E-state index is 5.91. The monoisotopic (exact) mass is 236 g/mol. The molecule has 1 aliphatic carbocycles. The minimum Gasteiger partial charge on any atom is -0.353 e. The average molecular weight is 237 g/mol. The number of aryl methyl sites for hydroxylation is 1. The molecule has 1 saturated carbocycles. The molecule has 2 heterocycles. The molecular formula is C13H17ClN2. The number of hydrogen-bond acceptors (Lipinski definition) is 2. The number of alkyl halides is 1. The van der Waals surface area contributed by atoms with Gasteiger partial charge in [0.25, 0.3) is 0 Å². The van der Waals surface area contributed by atoms with Gasteiger partial charge in [-0.15, -0.1) is 11.6 Å². The van der Waals surface area contributed by atoms with Crippen LogP contribution in [0.25, 0.3) is 0 Å². The average Bonchev–Trinajstić information content (AvgIpc) is 2.89. The van der Waals surface area contributed by atoms with Crippen LogP contribution in [-0.2, 0) is 5.88 Å². The van der Waals surface area contributed by atoms with E-state index in [1.54, 1.807) is 0 Å². The first-order chi connectivity index (χ1) is 7.76. The van der Waals surface area contributed by atoms with Crippen molar-refractivity contribution in [2.24, 2.45) is 5.92 Å². The van der Waals surface area contributed by atoms with E-state index in [2.05, 4.69) is 22.0 Å². The zero-order chi connectivity index (χ0) is 11.1. The van der Waals surface area contributed by atoms with E-state index in [1.807, 2.05) is 6.92 Å². The molecule has 1 saturated heterocycles. The SMILES string of the molecule is Cc1cc(CCl)cc(N2CC3CCC2C3)n1. The van der Waals surface area contributed by atoms with Crippen LogP contribution in [0.2, 0.25) is 0 Å². The van der Waals surface area contributed by atoms with Gasteiger partial charge < -0.3 is 4.90 Å². The van der Waals surface area contributed by atoms with E-state index in [1.165, 1.54) is 31.4 Å². The van der Waals surface area contributed by atoms with Gasteiger partial charge in [-0.2, -0.15) is 0 Å². The predicted molar refractivity (Wildman–Crippen MR) is 67.0 cm³/mol. The largest absolute Gasteiger partial charge is 0.353 e. The summed E-state index contributed by atoms with van der Waals surface area (Å²) in [7, 11) is 0. The Morgan fingerprint density at radius 3 is 2.94 bits per heavy atom. The Labute approximate surface area is 102 Å². The fourth-order valence-electron chi connectivity index (χ4n) is 3.15. The lowest BCUT2D eigenvalue weighted by Crippen LogP contribution is -2.32. The quantitative estimate of drug-likeness (QED) is 0.734. The van der Waals surface area contributed by atoms with Gasteiger partial charge in [0.05, 0.1) is 0 Å². The van der Waals surface area contributed by atoms with Gasteiger partial charge in [0, 0.05) is 24.2 Å². The van der Waals surface area contributed by atoms with Crippen LogP contribution >= 0.6 is 11.6 Å². The van der Waals surface area contributed by atoms with Crippen molar-refractivity contribution in [2.45, 2.75) is 38.1 Å². The van der Waals surface area contributed by atoms with Crippen LogP contribution in [0.1, 0.15) is 30.5 Å². The third-order valence-corrected chi connectivity index (χ3v) is 4.17.